The molecule has 36 heavy (non-hydrogen) atoms. The Labute approximate surface area is 211 Å². The number of nitrogens with zero attached hydrogens (tertiary/aromatic N) is 5. The molecule has 0 radical (unpaired) electrons. The molecule has 2 fully saturated rings. The summed E-state index contributed by atoms with van der Waals surface area (Å²) < 4.78 is 1.79. The van der Waals surface area contributed by atoms with Crippen LogP contribution >= 0.6 is 0 Å². The molecule has 3 heterocycles. The van der Waals surface area contributed by atoms with E-state index in [0.29, 0.717) is 6.54 Å². The van der Waals surface area contributed by atoms with E-state index in [1.54, 1.807) is 17.9 Å². The Morgan fingerprint density at radius 1 is 1.06 bits per heavy atom. The van der Waals surface area contributed by atoms with Crippen LogP contribution in [-0.2, 0) is 9.59 Å². The number of hydrogen-bond acceptors (Lipinski definition) is 6. The van der Waals surface area contributed by atoms with Crippen LogP contribution in [-0.4, -0.2) is 62.4 Å². The van der Waals surface area contributed by atoms with Crippen LogP contribution in [0.3, 0.4) is 0 Å². The molecular weight excluding hydrogens is 454 g/mol. The summed E-state index contributed by atoms with van der Waals surface area (Å²) in [5.74, 6) is 0.0723. The number of nitrogens with one attached hydrogen (secondary N) is 2. The molecule has 0 bridgehead atoms. The Morgan fingerprint density at radius 2 is 1.86 bits per heavy atom. The van der Waals surface area contributed by atoms with Gasteiger partial charge in [-0.1, -0.05) is 36.6 Å². The number of likely N-dealkylation sites (tertiary alicyclic amines) is 1. The minimum absolute atomic E-state index is 0.0256. The lowest BCUT2D eigenvalue weighted by molar-refractivity contribution is -0.139. The van der Waals surface area contributed by atoms with E-state index >= 15 is 0 Å². The van der Waals surface area contributed by atoms with Gasteiger partial charge in [-0.3, -0.25) is 14.6 Å². The van der Waals surface area contributed by atoms with Gasteiger partial charge in [0.2, 0.25) is 11.8 Å². The highest BCUT2D eigenvalue weighted by Gasteiger charge is 2.39. The lowest BCUT2D eigenvalue weighted by atomic mass is 9.83. The second-order valence-corrected chi connectivity index (χ2v) is 10.1. The van der Waals surface area contributed by atoms with Crippen LogP contribution in [0.2, 0.25) is 0 Å². The van der Waals surface area contributed by atoms with Crippen molar-refractivity contribution in [2.45, 2.75) is 70.0 Å². The maximum atomic E-state index is 14.0. The summed E-state index contributed by atoms with van der Waals surface area (Å²) in [5.41, 5.74) is 3.53. The van der Waals surface area contributed by atoms with Crippen molar-refractivity contribution in [1.82, 2.24) is 35.5 Å². The van der Waals surface area contributed by atoms with E-state index in [1.807, 2.05) is 42.3 Å². The number of pyridine rings is 1. The minimum Gasteiger partial charge on any atom is -0.343 e. The molecule has 2 N–H and O–H groups in total. The third-order valence-electron chi connectivity index (χ3n) is 7.77. The number of rotatable bonds is 7. The van der Waals surface area contributed by atoms with E-state index < -0.39 is 6.04 Å². The van der Waals surface area contributed by atoms with Crippen LogP contribution in [0.4, 0.5) is 0 Å². The molecule has 0 spiro atoms. The number of likely N-dealkylation sites (N-methyl/N-ethyl adjacent to an activating group) is 1. The second kappa shape index (κ2) is 10.7. The Kier molecular flexibility index (Phi) is 7.27. The van der Waals surface area contributed by atoms with Crippen molar-refractivity contribution in [2.24, 2.45) is 5.92 Å². The molecule has 2 aliphatic rings. The highest BCUT2D eigenvalue weighted by atomic mass is 16.2. The molecule has 1 aliphatic heterocycles. The lowest BCUT2D eigenvalue weighted by Gasteiger charge is -2.35. The van der Waals surface area contributed by atoms with Gasteiger partial charge in [0.05, 0.1) is 29.5 Å². The number of benzene rings is 1. The third kappa shape index (κ3) is 4.84. The van der Waals surface area contributed by atoms with E-state index in [1.165, 1.54) is 6.42 Å². The lowest BCUT2D eigenvalue weighted by Crippen LogP contribution is -2.55. The molecule has 3 aromatic rings. The number of para-hydroxylation sites is 1. The zero-order chi connectivity index (χ0) is 25.1. The smallest absolute Gasteiger partial charge is 0.245 e. The molecule has 3 atom stereocenters. The molecule has 5 rings (SSSR count). The molecular formula is C27H35N7O2. The fourth-order valence-corrected chi connectivity index (χ4v) is 5.62. The molecule has 9 nitrogen and oxygen atoms in total. The Balaban J connectivity index is 1.41. The first-order valence-corrected chi connectivity index (χ1v) is 13.1. The molecule has 2 unspecified atom stereocenters. The van der Waals surface area contributed by atoms with Gasteiger partial charge in [0.15, 0.2) is 0 Å². The summed E-state index contributed by atoms with van der Waals surface area (Å²) in [4.78, 5) is 33.3. The average Bonchev–Trinajstić information content (AvgIpc) is 3.59. The van der Waals surface area contributed by atoms with Gasteiger partial charge < -0.3 is 15.5 Å². The number of fused-ring (bicyclic) bond motifs is 1. The maximum absolute atomic E-state index is 14.0. The summed E-state index contributed by atoms with van der Waals surface area (Å²) >= 11 is 0. The molecule has 9 heteroatoms. The quantitative estimate of drug-likeness (QED) is 0.528. The first-order chi connectivity index (χ1) is 17.6. The maximum Gasteiger partial charge on any atom is 0.245 e. The summed E-state index contributed by atoms with van der Waals surface area (Å²) in [6.45, 7) is 2.50. The number of hydrogen-bond donors (Lipinski definition) is 2. The van der Waals surface area contributed by atoms with E-state index in [4.69, 9.17) is 0 Å². The van der Waals surface area contributed by atoms with Gasteiger partial charge in [0, 0.05) is 12.7 Å². The zero-order valence-corrected chi connectivity index (χ0v) is 21.1. The van der Waals surface area contributed by atoms with Gasteiger partial charge in [-0.05, 0) is 69.3 Å². The highest BCUT2D eigenvalue weighted by molar-refractivity contribution is 5.90. The van der Waals surface area contributed by atoms with Gasteiger partial charge in [-0.25, -0.2) is 4.68 Å². The van der Waals surface area contributed by atoms with Crippen molar-refractivity contribution in [3.8, 4) is 5.69 Å². The van der Waals surface area contributed by atoms with Crippen LogP contribution in [0, 0.1) is 5.92 Å². The van der Waals surface area contributed by atoms with E-state index in [-0.39, 0.29) is 29.8 Å². The van der Waals surface area contributed by atoms with Crippen molar-refractivity contribution in [3.05, 3.63) is 48.3 Å². The molecule has 1 aromatic carbocycles. The Morgan fingerprint density at radius 3 is 2.67 bits per heavy atom. The molecule has 1 saturated heterocycles. The summed E-state index contributed by atoms with van der Waals surface area (Å²) in [6.07, 6.45) is 10.8. The van der Waals surface area contributed by atoms with Crippen LogP contribution in [0.1, 0.15) is 63.5 Å². The van der Waals surface area contributed by atoms with Crippen LogP contribution in [0.15, 0.2) is 42.7 Å². The summed E-state index contributed by atoms with van der Waals surface area (Å²) in [6, 6.07) is 8.95. The predicted molar refractivity (Wildman–Crippen MR) is 137 cm³/mol. The summed E-state index contributed by atoms with van der Waals surface area (Å²) in [5, 5.41) is 14.7. The normalized spacial score (nSPS) is 20.4. The van der Waals surface area contributed by atoms with Gasteiger partial charge in [-0.2, -0.15) is 0 Å². The standard InChI is InChI=1S/C27H35N7O2/c1-18(28-2)26(35)30-25(19-9-4-3-5-10-19)27(36)33-14-8-13-23(33)20-15-21(17-29-16-20)34-24-12-7-6-11-22(24)31-32-34/h6-7,11-12,15-19,23,25,28H,3-5,8-10,13-14H2,1-2H3,(H,30,35)/t18?,23?,25-/m0/s1. The Bertz CT molecular complexity index is 1220. The van der Waals surface area contributed by atoms with Gasteiger partial charge >= 0.3 is 0 Å². The number of carbonyl (C=O) groups is 2. The monoisotopic (exact) mass is 489 g/mol. The van der Waals surface area contributed by atoms with Crippen molar-refractivity contribution in [1.29, 1.82) is 0 Å². The minimum atomic E-state index is -0.496. The fourth-order valence-electron chi connectivity index (χ4n) is 5.62. The van der Waals surface area contributed by atoms with Crippen LogP contribution in [0.5, 0.6) is 0 Å². The SMILES string of the molecule is CNC(C)C(=O)N[C@H](C(=O)N1CCCC1c1cncc(-n2nnc3ccccc32)c1)C1CCCCC1. The number of carbonyl (C=O) groups excluding carboxylic acids is 2. The molecule has 2 amide bonds. The molecule has 1 aliphatic carbocycles. The van der Waals surface area contributed by atoms with Crippen molar-refractivity contribution < 1.29 is 9.59 Å². The average molecular weight is 490 g/mol. The number of aromatic nitrogens is 4. The van der Waals surface area contributed by atoms with E-state index in [2.05, 4.69) is 32.0 Å². The zero-order valence-electron chi connectivity index (χ0n) is 21.1. The third-order valence-corrected chi connectivity index (χ3v) is 7.77. The van der Waals surface area contributed by atoms with Crippen LogP contribution in [0.25, 0.3) is 16.7 Å². The summed E-state index contributed by atoms with van der Waals surface area (Å²) in [7, 11) is 1.76. The van der Waals surface area contributed by atoms with Gasteiger partial charge in [0.1, 0.15) is 11.6 Å². The van der Waals surface area contributed by atoms with Crippen molar-refractivity contribution in [2.75, 3.05) is 13.6 Å². The second-order valence-electron chi connectivity index (χ2n) is 10.1. The van der Waals surface area contributed by atoms with Crippen molar-refractivity contribution >= 4 is 22.8 Å². The first-order valence-electron chi connectivity index (χ1n) is 13.1. The van der Waals surface area contributed by atoms with Crippen molar-refractivity contribution in [3.63, 3.8) is 0 Å². The van der Waals surface area contributed by atoms with E-state index in [0.717, 1.165) is 60.8 Å². The van der Waals surface area contributed by atoms with E-state index in [9.17, 15) is 9.59 Å². The topological polar surface area (TPSA) is 105 Å². The molecule has 2 aromatic heterocycles. The fraction of sp³-hybridized carbons (Fsp3) is 0.519. The van der Waals surface area contributed by atoms with Gasteiger partial charge in [0.25, 0.3) is 0 Å². The highest BCUT2D eigenvalue weighted by Crippen LogP contribution is 2.35. The van der Waals surface area contributed by atoms with Crippen LogP contribution < -0.4 is 10.6 Å². The molecule has 1 saturated carbocycles. The Hall–Kier alpha value is -3.33. The largest absolute Gasteiger partial charge is 0.343 e. The van der Waals surface area contributed by atoms with Gasteiger partial charge in [-0.15, -0.1) is 5.10 Å². The first kappa shape index (κ1) is 24.4. The predicted octanol–water partition coefficient (Wildman–Crippen LogP) is 3.15. The molecule has 190 valence electrons. The number of amides is 2.